The van der Waals surface area contributed by atoms with E-state index in [2.05, 4.69) is 34.6 Å². The Hall–Kier alpha value is -1.97. The van der Waals surface area contributed by atoms with Crippen molar-refractivity contribution >= 4 is 29.9 Å². The fraction of sp³-hybridized carbons (Fsp3) is 0.444. The quantitative estimate of drug-likeness (QED) is 0.385. The van der Waals surface area contributed by atoms with Crippen molar-refractivity contribution < 1.29 is 9.47 Å². The van der Waals surface area contributed by atoms with E-state index in [1.165, 1.54) is 11.3 Å². The number of nitrogens with zero attached hydrogens (tertiary/aromatic N) is 3. The van der Waals surface area contributed by atoms with Gasteiger partial charge in [0.05, 0.1) is 12.7 Å². The summed E-state index contributed by atoms with van der Waals surface area (Å²) < 4.78 is 12.6. The first-order valence-electron chi connectivity index (χ1n) is 8.55. The Bertz CT molecular complexity index is 760. The maximum absolute atomic E-state index is 5.41. The lowest BCUT2D eigenvalue weighted by atomic mass is 10.2. The summed E-state index contributed by atoms with van der Waals surface area (Å²) in [6, 6.07) is 5.92. The van der Waals surface area contributed by atoms with Crippen molar-refractivity contribution in [1.29, 1.82) is 0 Å². The Morgan fingerprint density at radius 2 is 2.08 bits per heavy atom. The number of nitrogens with one attached hydrogen (secondary N) is 2. The molecule has 0 spiro atoms. The van der Waals surface area contributed by atoms with Crippen LogP contribution in [-0.4, -0.2) is 35.6 Å². The molecule has 0 saturated carbocycles. The van der Waals surface area contributed by atoms with E-state index >= 15 is 0 Å². The number of guanidine groups is 1. The highest BCUT2D eigenvalue weighted by atomic mass is 127. The van der Waals surface area contributed by atoms with Crippen molar-refractivity contribution in [3.8, 4) is 11.5 Å². The smallest absolute Gasteiger partial charge is 0.231 e. The molecule has 0 amide bonds. The van der Waals surface area contributed by atoms with Crippen molar-refractivity contribution in [2.75, 3.05) is 19.9 Å². The van der Waals surface area contributed by atoms with E-state index in [0.29, 0.717) is 13.3 Å². The molecule has 1 aliphatic rings. The third-order valence-corrected chi connectivity index (χ3v) is 4.22. The largest absolute Gasteiger partial charge is 0.454 e. The summed E-state index contributed by atoms with van der Waals surface area (Å²) in [6.07, 6.45) is 2.84. The summed E-state index contributed by atoms with van der Waals surface area (Å²) in [5.41, 5.74) is 3.54. The highest BCUT2D eigenvalue weighted by Crippen LogP contribution is 2.32. The van der Waals surface area contributed by atoms with Crippen LogP contribution in [0.3, 0.4) is 0 Å². The van der Waals surface area contributed by atoms with Crippen LogP contribution in [0.25, 0.3) is 0 Å². The van der Waals surface area contributed by atoms with Crippen LogP contribution in [0.4, 0.5) is 0 Å². The van der Waals surface area contributed by atoms with Crippen molar-refractivity contribution in [2.45, 2.75) is 26.8 Å². The fourth-order valence-electron chi connectivity index (χ4n) is 2.66. The second-order valence-electron chi connectivity index (χ2n) is 5.94. The fourth-order valence-corrected chi connectivity index (χ4v) is 2.66. The van der Waals surface area contributed by atoms with Crippen LogP contribution in [0.2, 0.25) is 0 Å². The minimum absolute atomic E-state index is 0. The molecule has 1 aliphatic heterocycles. The molecule has 1 aromatic heterocycles. The molecule has 26 heavy (non-hydrogen) atoms. The molecule has 0 fully saturated rings. The predicted octanol–water partition coefficient (Wildman–Crippen LogP) is 2.37. The van der Waals surface area contributed by atoms with E-state index in [1.807, 2.05) is 36.1 Å². The molecule has 2 N–H and O–H groups in total. The van der Waals surface area contributed by atoms with Crippen molar-refractivity contribution in [3.63, 3.8) is 0 Å². The number of benzene rings is 1. The van der Waals surface area contributed by atoms with Gasteiger partial charge in [-0.1, -0.05) is 6.07 Å². The van der Waals surface area contributed by atoms with Crippen LogP contribution in [-0.2, 0) is 20.0 Å². The number of fused-ring (bicyclic) bond motifs is 1. The number of aromatic nitrogens is 2. The predicted molar refractivity (Wildman–Crippen MR) is 112 cm³/mol. The van der Waals surface area contributed by atoms with E-state index < -0.39 is 0 Å². The first-order chi connectivity index (χ1) is 12.2. The van der Waals surface area contributed by atoms with Gasteiger partial charge in [0.2, 0.25) is 6.79 Å². The summed E-state index contributed by atoms with van der Waals surface area (Å²) in [5, 5.41) is 10.9. The van der Waals surface area contributed by atoms with Crippen LogP contribution >= 0.6 is 24.0 Å². The number of ether oxygens (including phenoxy) is 2. The molecule has 0 unspecified atom stereocenters. The van der Waals surface area contributed by atoms with Crippen molar-refractivity contribution in [3.05, 3.63) is 41.2 Å². The number of hydrogen-bond donors (Lipinski definition) is 2. The van der Waals surface area contributed by atoms with Crippen molar-refractivity contribution in [1.82, 2.24) is 20.4 Å². The maximum atomic E-state index is 5.41. The van der Waals surface area contributed by atoms with E-state index in [4.69, 9.17) is 9.47 Å². The third kappa shape index (κ3) is 5.03. The standard InChI is InChI=1S/C18H25N5O2.HI/c1-4-19-18(20-8-7-15-11-22-23(3)13(15)2)21-10-14-5-6-16-17(9-14)25-12-24-16;/h5-6,9,11H,4,7-8,10,12H2,1-3H3,(H2,19,20,21);1H. The van der Waals surface area contributed by atoms with Crippen LogP contribution in [0.15, 0.2) is 29.4 Å². The third-order valence-electron chi connectivity index (χ3n) is 4.22. The Labute approximate surface area is 171 Å². The van der Waals surface area contributed by atoms with E-state index in [-0.39, 0.29) is 24.0 Å². The molecule has 2 aromatic rings. The van der Waals surface area contributed by atoms with Crippen molar-refractivity contribution in [2.24, 2.45) is 12.0 Å². The summed E-state index contributed by atoms with van der Waals surface area (Å²) in [5.74, 6) is 2.39. The first-order valence-corrected chi connectivity index (χ1v) is 8.55. The number of aryl methyl sites for hydroxylation is 1. The lowest BCUT2D eigenvalue weighted by molar-refractivity contribution is 0.174. The molecule has 142 valence electrons. The molecule has 1 aromatic carbocycles. The lowest BCUT2D eigenvalue weighted by Crippen LogP contribution is -2.38. The Balaban J connectivity index is 0.00000243. The topological polar surface area (TPSA) is 72.7 Å². The zero-order valence-electron chi connectivity index (χ0n) is 15.4. The molecule has 0 bridgehead atoms. The second-order valence-corrected chi connectivity index (χ2v) is 5.94. The van der Waals surface area contributed by atoms with Gasteiger partial charge in [-0.3, -0.25) is 4.68 Å². The average Bonchev–Trinajstić information content (AvgIpc) is 3.20. The molecule has 8 heteroatoms. The number of aliphatic imine (C=N–C) groups is 1. The Morgan fingerprint density at radius 1 is 1.27 bits per heavy atom. The first kappa shape index (κ1) is 20.3. The van der Waals surface area contributed by atoms with Crippen LogP contribution in [0.5, 0.6) is 11.5 Å². The van der Waals surface area contributed by atoms with Gasteiger partial charge in [0.15, 0.2) is 17.5 Å². The van der Waals surface area contributed by atoms with E-state index in [9.17, 15) is 0 Å². The van der Waals surface area contributed by atoms with Gasteiger partial charge in [-0.15, -0.1) is 24.0 Å². The summed E-state index contributed by atoms with van der Waals surface area (Å²) in [4.78, 5) is 4.65. The maximum Gasteiger partial charge on any atom is 0.231 e. The second kappa shape index (κ2) is 9.65. The number of rotatable bonds is 6. The summed E-state index contributed by atoms with van der Waals surface area (Å²) in [6.45, 7) is 6.64. The Morgan fingerprint density at radius 3 is 2.81 bits per heavy atom. The van der Waals surface area contributed by atoms with Gasteiger partial charge in [0, 0.05) is 25.8 Å². The highest BCUT2D eigenvalue weighted by Gasteiger charge is 2.13. The summed E-state index contributed by atoms with van der Waals surface area (Å²) >= 11 is 0. The van der Waals surface area contributed by atoms with Gasteiger partial charge in [-0.2, -0.15) is 5.10 Å². The Kier molecular flexibility index (Phi) is 7.55. The summed E-state index contributed by atoms with van der Waals surface area (Å²) in [7, 11) is 1.96. The van der Waals surface area contributed by atoms with E-state index in [0.717, 1.165) is 42.5 Å². The lowest BCUT2D eigenvalue weighted by Gasteiger charge is -2.11. The molecule has 7 nitrogen and oxygen atoms in total. The minimum Gasteiger partial charge on any atom is -0.454 e. The molecule has 0 saturated heterocycles. The van der Waals surface area contributed by atoms with E-state index in [1.54, 1.807) is 0 Å². The van der Waals surface area contributed by atoms with Gasteiger partial charge < -0.3 is 20.1 Å². The number of halogens is 1. The average molecular weight is 471 g/mol. The van der Waals surface area contributed by atoms with Gasteiger partial charge >= 0.3 is 0 Å². The molecule has 0 aliphatic carbocycles. The number of hydrogen-bond acceptors (Lipinski definition) is 4. The molecule has 0 radical (unpaired) electrons. The normalized spacial score (nSPS) is 12.7. The van der Waals surface area contributed by atoms with Gasteiger partial charge in [-0.25, -0.2) is 4.99 Å². The van der Waals surface area contributed by atoms with Crippen LogP contribution in [0.1, 0.15) is 23.7 Å². The molecule has 0 atom stereocenters. The molecular weight excluding hydrogens is 445 g/mol. The zero-order valence-corrected chi connectivity index (χ0v) is 17.7. The molecular formula is C18H26IN5O2. The minimum atomic E-state index is 0. The zero-order chi connectivity index (χ0) is 17.6. The monoisotopic (exact) mass is 471 g/mol. The molecule has 2 heterocycles. The molecule has 3 rings (SSSR count). The van der Waals surface area contributed by atoms with Gasteiger partial charge in [0.1, 0.15) is 0 Å². The SMILES string of the molecule is CCNC(=NCc1ccc2c(c1)OCO2)NCCc1cnn(C)c1C.I. The van der Waals surface area contributed by atoms with Gasteiger partial charge in [-0.05, 0) is 43.5 Å². The van der Waals surface area contributed by atoms with Gasteiger partial charge in [0.25, 0.3) is 0 Å². The van der Waals surface area contributed by atoms with Crippen LogP contribution < -0.4 is 20.1 Å². The van der Waals surface area contributed by atoms with Crippen LogP contribution in [0, 0.1) is 6.92 Å². The highest BCUT2D eigenvalue weighted by molar-refractivity contribution is 14.0.